The molecule has 1 amide bonds. The molecule has 2 heterocycles. The van der Waals surface area contributed by atoms with Gasteiger partial charge in [0.2, 0.25) is 0 Å². The van der Waals surface area contributed by atoms with E-state index >= 15 is 0 Å². The Hall–Kier alpha value is -1.56. The summed E-state index contributed by atoms with van der Waals surface area (Å²) in [5.41, 5.74) is 3.18. The Kier molecular flexibility index (Phi) is 6.49. The van der Waals surface area contributed by atoms with E-state index in [4.69, 9.17) is 11.6 Å². The molecule has 0 saturated heterocycles. The van der Waals surface area contributed by atoms with Crippen LogP contribution in [-0.2, 0) is 18.5 Å². The second-order valence-corrected chi connectivity index (χ2v) is 6.64. The molecule has 0 fully saturated rings. The summed E-state index contributed by atoms with van der Waals surface area (Å²) in [4.78, 5) is 12.9. The third kappa shape index (κ3) is 3.84. The normalized spacial score (nSPS) is 13.7. The van der Waals surface area contributed by atoms with Crippen LogP contribution in [0, 0.1) is 0 Å². The molecule has 1 aromatic heterocycles. The second kappa shape index (κ2) is 8.21. The number of amides is 1. The quantitative estimate of drug-likeness (QED) is 0.739. The first kappa shape index (κ1) is 19.8. The maximum absolute atomic E-state index is 12.9. The summed E-state index contributed by atoms with van der Waals surface area (Å²) >= 11 is 6.01. The second-order valence-electron chi connectivity index (χ2n) is 6.21. The molecule has 2 aromatic rings. The number of halogens is 2. The largest absolute Gasteiger partial charge is 0.341 e. The van der Waals surface area contributed by atoms with Gasteiger partial charge >= 0.3 is 0 Å². The van der Waals surface area contributed by atoms with Crippen LogP contribution in [0.4, 0.5) is 0 Å². The summed E-state index contributed by atoms with van der Waals surface area (Å²) < 4.78 is 0. The van der Waals surface area contributed by atoms with Crippen molar-refractivity contribution in [2.45, 2.75) is 45.2 Å². The van der Waals surface area contributed by atoms with E-state index < -0.39 is 5.54 Å². The molecule has 5 nitrogen and oxygen atoms in total. The first-order valence-electron chi connectivity index (χ1n) is 8.45. The molecule has 136 valence electrons. The molecule has 1 aliphatic rings. The van der Waals surface area contributed by atoms with Crippen LogP contribution in [0.15, 0.2) is 24.3 Å². The van der Waals surface area contributed by atoms with E-state index in [0.29, 0.717) is 17.3 Å². The van der Waals surface area contributed by atoms with Gasteiger partial charge in [0.15, 0.2) is 5.69 Å². The Morgan fingerprint density at radius 1 is 1.28 bits per heavy atom. The fourth-order valence-corrected chi connectivity index (χ4v) is 3.49. The number of rotatable bonds is 5. The number of fused-ring (bicyclic) bond motifs is 1. The van der Waals surface area contributed by atoms with Crippen molar-refractivity contribution >= 4 is 29.9 Å². The first-order valence-corrected chi connectivity index (χ1v) is 8.83. The predicted molar refractivity (Wildman–Crippen MR) is 102 cm³/mol. The molecule has 0 atom stereocenters. The lowest BCUT2D eigenvalue weighted by molar-refractivity contribution is 0.0883. The van der Waals surface area contributed by atoms with Gasteiger partial charge in [0.25, 0.3) is 5.91 Å². The average Bonchev–Trinajstić information content (AvgIpc) is 3.05. The molecule has 25 heavy (non-hydrogen) atoms. The Bertz CT molecular complexity index is 723. The third-order valence-corrected chi connectivity index (χ3v) is 5.23. The van der Waals surface area contributed by atoms with Crippen molar-refractivity contribution in [2.75, 3.05) is 6.54 Å². The number of carbonyl (C=O) groups excluding carboxylic acids is 1. The van der Waals surface area contributed by atoms with Gasteiger partial charge in [0.05, 0.1) is 5.54 Å². The molecule has 0 radical (unpaired) electrons. The number of aromatic nitrogens is 2. The Morgan fingerprint density at radius 2 is 1.96 bits per heavy atom. The zero-order valence-corrected chi connectivity index (χ0v) is 16.1. The zero-order valence-electron chi connectivity index (χ0n) is 14.5. The first-order chi connectivity index (χ1) is 11.6. The van der Waals surface area contributed by atoms with Gasteiger partial charge in [0, 0.05) is 35.8 Å². The smallest absolute Gasteiger partial charge is 0.272 e. The van der Waals surface area contributed by atoms with Crippen molar-refractivity contribution in [2.24, 2.45) is 0 Å². The molecular weight excluding hydrogens is 359 g/mol. The minimum absolute atomic E-state index is 0. The van der Waals surface area contributed by atoms with E-state index in [1.807, 2.05) is 24.3 Å². The highest BCUT2D eigenvalue weighted by molar-refractivity contribution is 6.30. The van der Waals surface area contributed by atoms with Crippen LogP contribution in [0.1, 0.15) is 54.0 Å². The topological polar surface area (TPSA) is 69.8 Å². The molecule has 1 aromatic carbocycles. The number of hydrogen-bond donors (Lipinski definition) is 3. The SMILES string of the molecule is CCC(CC)(NC(=O)c1n[nH]c2c1CNCC2)c1ccc(Cl)cc1.Cl. The maximum atomic E-state index is 12.9. The molecule has 0 bridgehead atoms. The lowest BCUT2D eigenvalue weighted by Crippen LogP contribution is -2.45. The number of H-pyrrole nitrogens is 1. The van der Waals surface area contributed by atoms with Gasteiger partial charge in [-0.15, -0.1) is 12.4 Å². The number of nitrogens with zero attached hydrogens (tertiary/aromatic N) is 1. The minimum Gasteiger partial charge on any atom is -0.341 e. The van der Waals surface area contributed by atoms with Crippen LogP contribution < -0.4 is 10.6 Å². The molecule has 0 unspecified atom stereocenters. The molecule has 1 aliphatic heterocycles. The number of nitrogens with one attached hydrogen (secondary N) is 3. The number of aromatic amines is 1. The summed E-state index contributed by atoms with van der Waals surface area (Å²) in [5, 5.41) is 14.5. The van der Waals surface area contributed by atoms with E-state index in [2.05, 4.69) is 34.7 Å². The van der Waals surface area contributed by atoms with Crippen LogP contribution >= 0.6 is 24.0 Å². The third-order valence-electron chi connectivity index (χ3n) is 4.98. The molecular formula is C18H24Cl2N4O. The van der Waals surface area contributed by atoms with Crippen LogP contribution in [-0.4, -0.2) is 22.6 Å². The summed E-state index contributed by atoms with van der Waals surface area (Å²) in [6.07, 6.45) is 2.46. The average molecular weight is 383 g/mol. The fourth-order valence-electron chi connectivity index (χ4n) is 3.37. The van der Waals surface area contributed by atoms with Crippen molar-refractivity contribution in [1.82, 2.24) is 20.8 Å². The van der Waals surface area contributed by atoms with E-state index in [1.54, 1.807) is 0 Å². The van der Waals surface area contributed by atoms with Crippen molar-refractivity contribution < 1.29 is 4.79 Å². The van der Waals surface area contributed by atoms with Crippen LogP contribution in [0.2, 0.25) is 5.02 Å². The van der Waals surface area contributed by atoms with Gasteiger partial charge in [-0.05, 0) is 30.5 Å². The predicted octanol–water partition coefficient (Wildman–Crippen LogP) is 3.58. The van der Waals surface area contributed by atoms with E-state index in [-0.39, 0.29) is 18.3 Å². The molecule has 0 spiro atoms. The van der Waals surface area contributed by atoms with Gasteiger partial charge in [-0.3, -0.25) is 9.89 Å². The van der Waals surface area contributed by atoms with Crippen molar-refractivity contribution in [1.29, 1.82) is 0 Å². The standard InChI is InChI=1S/C18H23ClN4O.ClH/c1-3-18(4-2,12-5-7-13(19)8-6-12)21-17(24)16-14-11-20-10-9-15(14)22-23-16;/h5-8,20H,3-4,9-11H2,1-2H3,(H,21,24)(H,22,23);1H. The highest BCUT2D eigenvalue weighted by Gasteiger charge is 2.32. The molecule has 3 N–H and O–H groups in total. The lowest BCUT2D eigenvalue weighted by atomic mass is 9.84. The highest BCUT2D eigenvalue weighted by Crippen LogP contribution is 2.30. The van der Waals surface area contributed by atoms with Crippen LogP contribution in [0.25, 0.3) is 0 Å². The monoisotopic (exact) mass is 382 g/mol. The van der Waals surface area contributed by atoms with Crippen LogP contribution in [0.3, 0.4) is 0 Å². The van der Waals surface area contributed by atoms with Gasteiger partial charge in [-0.25, -0.2) is 0 Å². The molecule has 3 rings (SSSR count). The van der Waals surface area contributed by atoms with E-state index in [9.17, 15) is 4.79 Å². The fraction of sp³-hybridized carbons (Fsp3) is 0.444. The van der Waals surface area contributed by atoms with Gasteiger partial charge < -0.3 is 10.6 Å². The van der Waals surface area contributed by atoms with Crippen LogP contribution in [0.5, 0.6) is 0 Å². The molecule has 7 heteroatoms. The number of hydrogen-bond acceptors (Lipinski definition) is 3. The molecule has 0 aliphatic carbocycles. The summed E-state index contributed by atoms with van der Waals surface area (Å²) in [7, 11) is 0. The number of carbonyl (C=O) groups is 1. The van der Waals surface area contributed by atoms with E-state index in [0.717, 1.165) is 42.6 Å². The Labute approximate surface area is 159 Å². The lowest BCUT2D eigenvalue weighted by Gasteiger charge is -2.33. The van der Waals surface area contributed by atoms with Crippen molar-refractivity contribution in [3.05, 3.63) is 51.8 Å². The summed E-state index contributed by atoms with van der Waals surface area (Å²) in [6.45, 7) is 5.76. The number of benzene rings is 1. The Morgan fingerprint density at radius 3 is 2.60 bits per heavy atom. The summed E-state index contributed by atoms with van der Waals surface area (Å²) in [5.74, 6) is -0.130. The van der Waals surface area contributed by atoms with Gasteiger partial charge in [-0.2, -0.15) is 5.10 Å². The highest BCUT2D eigenvalue weighted by atomic mass is 35.5. The minimum atomic E-state index is -0.421. The van der Waals surface area contributed by atoms with E-state index in [1.165, 1.54) is 0 Å². The van der Waals surface area contributed by atoms with Gasteiger partial charge in [-0.1, -0.05) is 37.6 Å². The van der Waals surface area contributed by atoms with Crippen molar-refractivity contribution in [3.8, 4) is 0 Å². The summed E-state index contributed by atoms with van der Waals surface area (Å²) in [6, 6.07) is 7.70. The zero-order chi connectivity index (χ0) is 17.2. The van der Waals surface area contributed by atoms with Gasteiger partial charge in [0.1, 0.15) is 0 Å². The Balaban J connectivity index is 0.00000225. The van der Waals surface area contributed by atoms with Crippen molar-refractivity contribution in [3.63, 3.8) is 0 Å². The maximum Gasteiger partial charge on any atom is 0.272 e. The molecule has 0 saturated carbocycles.